The van der Waals surface area contributed by atoms with E-state index in [0.717, 1.165) is 18.4 Å². The van der Waals surface area contributed by atoms with Crippen molar-refractivity contribution in [3.63, 3.8) is 0 Å². The highest BCUT2D eigenvalue weighted by Gasteiger charge is 2.56. The molecule has 1 saturated carbocycles. The Morgan fingerprint density at radius 3 is 2.56 bits per heavy atom. The van der Waals surface area contributed by atoms with Gasteiger partial charge in [0.1, 0.15) is 18.1 Å². The van der Waals surface area contributed by atoms with Gasteiger partial charge in [0.15, 0.2) is 0 Å². The van der Waals surface area contributed by atoms with E-state index in [9.17, 15) is 4.39 Å². The van der Waals surface area contributed by atoms with Gasteiger partial charge in [0.25, 0.3) is 0 Å². The van der Waals surface area contributed by atoms with Crippen LogP contribution in [0.5, 0.6) is 0 Å². The Labute approximate surface area is 102 Å². The lowest BCUT2D eigenvalue weighted by Crippen LogP contribution is -2.41. The van der Waals surface area contributed by atoms with Gasteiger partial charge in [0.05, 0.1) is 4.47 Å². The largest absolute Gasteiger partial charge is 0.352 e. The van der Waals surface area contributed by atoms with Gasteiger partial charge in [-0.1, -0.05) is 12.5 Å². The summed E-state index contributed by atoms with van der Waals surface area (Å²) in [6, 6.07) is 5.23. The van der Waals surface area contributed by atoms with Crippen LogP contribution >= 0.6 is 15.9 Å². The van der Waals surface area contributed by atoms with Gasteiger partial charge in [-0.15, -0.1) is 0 Å². The Morgan fingerprint density at radius 2 is 2.12 bits per heavy atom. The van der Waals surface area contributed by atoms with Crippen LogP contribution < -0.4 is 5.73 Å². The summed E-state index contributed by atoms with van der Waals surface area (Å²) in [7, 11) is 0. The van der Waals surface area contributed by atoms with Crippen LogP contribution in [0.3, 0.4) is 0 Å². The lowest BCUT2D eigenvalue weighted by Gasteiger charge is -2.41. The number of hydrogen-bond donors (Lipinski definition) is 1. The van der Waals surface area contributed by atoms with Gasteiger partial charge < -0.3 is 10.5 Å². The highest BCUT2D eigenvalue weighted by molar-refractivity contribution is 9.10. The van der Waals surface area contributed by atoms with Gasteiger partial charge in [-0.25, -0.2) is 4.39 Å². The number of epoxide rings is 1. The molecule has 1 aromatic carbocycles. The topological polar surface area (TPSA) is 38.5 Å². The van der Waals surface area contributed by atoms with E-state index in [-0.39, 0.29) is 23.6 Å². The fraction of sp³-hybridized carbons (Fsp3) is 0.500. The Balaban J connectivity index is 1.97. The number of benzene rings is 1. The van der Waals surface area contributed by atoms with Crippen LogP contribution in [-0.4, -0.2) is 12.3 Å². The Bertz CT molecular complexity index is 433. The monoisotopic (exact) mass is 285 g/mol. The van der Waals surface area contributed by atoms with Crippen molar-refractivity contribution in [3.05, 3.63) is 34.1 Å². The third-order valence-electron chi connectivity index (χ3n) is 3.81. The first-order valence-corrected chi connectivity index (χ1v) is 6.29. The second kappa shape index (κ2) is 3.52. The third-order valence-corrected chi connectivity index (χ3v) is 4.42. The summed E-state index contributed by atoms with van der Waals surface area (Å²) < 4.78 is 19.1. The van der Waals surface area contributed by atoms with Crippen molar-refractivity contribution < 1.29 is 9.13 Å². The zero-order valence-corrected chi connectivity index (χ0v) is 10.3. The van der Waals surface area contributed by atoms with Crippen LogP contribution in [0.2, 0.25) is 0 Å². The molecule has 2 atom stereocenters. The molecular formula is C12H13BrFNO. The van der Waals surface area contributed by atoms with Gasteiger partial charge in [-0.05, 0) is 46.5 Å². The molecule has 86 valence electrons. The molecule has 2 aliphatic rings. The standard InChI is InChI=1S/C12H13BrFNO/c13-8-6-7(2-3-9(8)14)12(4-1-5-12)10-11(15)16-10/h2-3,6,10-11H,1,4-5,15H2. The highest BCUT2D eigenvalue weighted by Crippen LogP contribution is 2.53. The predicted octanol–water partition coefficient (Wildman–Crippen LogP) is 2.69. The van der Waals surface area contributed by atoms with Crippen LogP contribution in [0.4, 0.5) is 4.39 Å². The maximum atomic E-state index is 13.2. The Morgan fingerprint density at radius 1 is 1.44 bits per heavy atom. The quantitative estimate of drug-likeness (QED) is 0.849. The minimum atomic E-state index is -0.223. The summed E-state index contributed by atoms with van der Waals surface area (Å²) in [5.41, 5.74) is 6.94. The molecule has 2 N–H and O–H groups in total. The van der Waals surface area contributed by atoms with Crippen molar-refractivity contribution in [2.24, 2.45) is 5.73 Å². The van der Waals surface area contributed by atoms with Crippen molar-refractivity contribution in [2.75, 3.05) is 0 Å². The zero-order valence-electron chi connectivity index (χ0n) is 8.75. The summed E-state index contributed by atoms with van der Waals surface area (Å²) in [5.74, 6) is -0.223. The summed E-state index contributed by atoms with van der Waals surface area (Å²) >= 11 is 3.23. The van der Waals surface area contributed by atoms with E-state index in [1.165, 1.54) is 12.5 Å². The molecule has 1 aliphatic heterocycles. The van der Waals surface area contributed by atoms with Crippen LogP contribution in [0.1, 0.15) is 24.8 Å². The molecule has 0 amide bonds. The highest BCUT2D eigenvalue weighted by atomic mass is 79.9. The zero-order chi connectivity index (χ0) is 11.3. The fourth-order valence-electron chi connectivity index (χ4n) is 2.67. The Hall–Kier alpha value is -0.450. The fourth-order valence-corrected chi connectivity index (χ4v) is 3.05. The lowest BCUT2D eigenvalue weighted by atomic mass is 9.62. The van der Waals surface area contributed by atoms with Crippen molar-refractivity contribution in [1.29, 1.82) is 0 Å². The number of nitrogens with two attached hydrogens (primary N) is 1. The maximum absolute atomic E-state index is 13.2. The van der Waals surface area contributed by atoms with Crippen LogP contribution in [-0.2, 0) is 10.2 Å². The van der Waals surface area contributed by atoms with Gasteiger partial charge >= 0.3 is 0 Å². The number of rotatable bonds is 2. The maximum Gasteiger partial charge on any atom is 0.137 e. The molecule has 2 unspecified atom stereocenters. The minimum absolute atomic E-state index is 0.0373. The molecule has 0 radical (unpaired) electrons. The third kappa shape index (κ3) is 1.44. The molecule has 1 aromatic rings. The van der Waals surface area contributed by atoms with E-state index >= 15 is 0 Å². The van der Waals surface area contributed by atoms with Crippen molar-refractivity contribution in [1.82, 2.24) is 0 Å². The SMILES string of the molecule is NC1OC1C1(c2ccc(F)c(Br)c2)CCC1. The van der Waals surface area contributed by atoms with Crippen molar-refractivity contribution >= 4 is 15.9 Å². The molecule has 4 heteroatoms. The van der Waals surface area contributed by atoms with Gasteiger partial charge in [0, 0.05) is 5.41 Å². The smallest absolute Gasteiger partial charge is 0.137 e. The van der Waals surface area contributed by atoms with Gasteiger partial charge in [-0.2, -0.15) is 0 Å². The summed E-state index contributed by atoms with van der Waals surface area (Å²) in [6.07, 6.45) is 3.36. The average Bonchev–Trinajstić information content (AvgIpc) is 2.88. The average molecular weight is 286 g/mol. The normalized spacial score (nSPS) is 30.9. The first-order valence-electron chi connectivity index (χ1n) is 5.50. The molecule has 1 saturated heterocycles. The van der Waals surface area contributed by atoms with Crippen molar-refractivity contribution in [3.8, 4) is 0 Å². The van der Waals surface area contributed by atoms with E-state index < -0.39 is 0 Å². The summed E-state index contributed by atoms with van der Waals surface area (Å²) in [4.78, 5) is 0. The molecule has 3 rings (SSSR count). The second-order valence-electron chi connectivity index (χ2n) is 4.66. The van der Waals surface area contributed by atoms with Gasteiger partial charge in [-0.3, -0.25) is 0 Å². The van der Waals surface area contributed by atoms with Crippen LogP contribution in [0, 0.1) is 5.82 Å². The van der Waals surface area contributed by atoms with Crippen LogP contribution in [0.15, 0.2) is 22.7 Å². The summed E-state index contributed by atoms with van der Waals surface area (Å²) in [6.45, 7) is 0. The molecular weight excluding hydrogens is 273 g/mol. The van der Waals surface area contributed by atoms with E-state index in [0.29, 0.717) is 4.47 Å². The molecule has 0 spiro atoms. The summed E-state index contributed by atoms with van der Waals surface area (Å²) in [5, 5.41) is 0. The van der Waals surface area contributed by atoms with E-state index in [2.05, 4.69) is 15.9 Å². The molecule has 2 nitrogen and oxygen atoms in total. The number of halogens is 2. The van der Waals surface area contributed by atoms with E-state index in [1.54, 1.807) is 0 Å². The van der Waals surface area contributed by atoms with Crippen molar-refractivity contribution in [2.45, 2.75) is 37.0 Å². The minimum Gasteiger partial charge on any atom is -0.352 e. The number of hydrogen-bond acceptors (Lipinski definition) is 2. The molecule has 0 bridgehead atoms. The molecule has 1 aliphatic carbocycles. The molecule has 0 aromatic heterocycles. The lowest BCUT2D eigenvalue weighted by molar-refractivity contribution is 0.176. The van der Waals surface area contributed by atoms with Gasteiger partial charge in [0.2, 0.25) is 0 Å². The van der Waals surface area contributed by atoms with E-state index in [4.69, 9.17) is 10.5 Å². The molecule has 16 heavy (non-hydrogen) atoms. The second-order valence-corrected chi connectivity index (χ2v) is 5.51. The van der Waals surface area contributed by atoms with Crippen LogP contribution in [0.25, 0.3) is 0 Å². The number of ether oxygens (including phenoxy) is 1. The molecule has 1 heterocycles. The predicted molar refractivity (Wildman–Crippen MR) is 62.5 cm³/mol. The first-order chi connectivity index (χ1) is 7.63. The first kappa shape index (κ1) is 10.7. The molecule has 2 fully saturated rings. The Kier molecular flexibility index (Phi) is 2.35. The van der Waals surface area contributed by atoms with E-state index in [1.807, 2.05) is 12.1 Å².